The highest BCUT2D eigenvalue weighted by Gasteiger charge is 2.43. The number of carboxylic acids is 1. The molecule has 0 saturated carbocycles. The lowest BCUT2D eigenvalue weighted by molar-refractivity contribution is -0.149. The molecule has 0 unspecified atom stereocenters. The zero-order chi connectivity index (χ0) is 14.8. The summed E-state index contributed by atoms with van der Waals surface area (Å²) in [6, 6.07) is 3.16. The van der Waals surface area contributed by atoms with Gasteiger partial charge in [0.25, 0.3) is 5.91 Å². The molecule has 6 heteroatoms. The van der Waals surface area contributed by atoms with Gasteiger partial charge in [0.1, 0.15) is 5.69 Å². The van der Waals surface area contributed by atoms with Gasteiger partial charge in [-0.2, -0.15) is 0 Å². The summed E-state index contributed by atoms with van der Waals surface area (Å²) in [6.45, 7) is 6.84. The van der Waals surface area contributed by atoms with Gasteiger partial charge in [-0.05, 0) is 39.8 Å². The van der Waals surface area contributed by atoms with E-state index in [4.69, 9.17) is 5.73 Å². The highest BCUT2D eigenvalue weighted by molar-refractivity contribution is 5.91. The summed E-state index contributed by atoms with van der Waals surface area (Å²) in [5.74, 6) is -1.53. The Hall–Kier alpha value is -2.11. The van der Waals surface area contributed by atoms with E-state index in [0.29, 0.717) is 5.69 Å². The predicted octanol–water partition coefficient (Wildman–Crippen LogP) is 1.48. The van der Waals surface area contributed by atoms with E-state index >= 15 is 0 Å². The van der Waals surface area contributed by atoms with Crippen LogP contribution in [0.1, 0.15) is 38.2 Å². The first kappa shape index (κ1) is 14.9. The lowest BCUT2D eigenvalue weighted by Crippen LogP contribution is -2.50. The molecule has 0 aromatic carbocycles. The quantitative estimate of drug-likeness (QED) is 0.747. The summed E-state index contributed by atoms with van der Waals surface area (Å²) in [7, 11) is 0. The van der Waals surface area contributed by atoms with E-state index in [1.165, 1.54) is 12.3 Å². The van der Waals surface area contributed by atoms with Crippen LogP contribution < -0.4 is 11.1 Å². The molecule has 104 valence electrons. The Morgan fingerprint density at radius 1 is 1.32 bits per heavy atom. The van der Waals surface area contributed by atoms with Crippen molar-refractivity contribution in [1.82, 2.24) is 4.98 Å². The van der Waals surface area contributed by atoms with Crippen LogP contribution in [0.25, 0.3) is 0 Å². The number of carboxylic acid groups (broad SMARTS) is 1. The van der Waals surface area contributed by atoms with Gasteiger partial charge in [-0.15, -0.1) is 0 Å². The highest BCUT2D eigenvalue weighted by Crippen LogP contribution is 2.33. The monoisotopic (exact) mass is 265 g/mol. The second kappa shape index (κ2) is 4.87. The molecule has 0 bridgehead atoms. The third-order valence-electron chi connectivity index (χ3n) is 3.57. The maximum atomic E-state index is 11.3. The summed E-state index contributed by atoms with van der Waals surface area (Å²) >= 11 is 0. The van der Waals surface area contributed by atoms with E-state index in [2.05, 4.69) is 10.3 Å². The van der Waals surface area contributed by atoms with Crippen molar-refractivity contribution in [2.24, 2.45) is 11.1 Å². The summed E-state index contributed by atoms with van der Waals surface area (Å²) in [5, 5.41) is 12.4. The van der Waals surface area contributed by atoms with Gasteiger partial charge in [-0.1, -0.05) is 0 Å². The van der Waals surface area contributed by atoms with Crippen molar-refractivity contribution in [2.45, 2.75) is 33.2 Å². The van der Waals surface area contributed by atoms with Gasteiger partial charge >= 0.3 is 5.97 Å². The van der Waals surface area contributed by atoms with E-state index in [-0.39, 0.29) is 5.69 Å². The number of nitrogens with one attached hydrogen (secondary N) is 1. The van der Waals surface area contributed by atoms with E-state index in [0.717, 1.165) is 0 Å². The van der Waals surface area contributed by atoms with Gasteiger partial charge in [0.05, 0.1) is 5.41 Å². The minimum atomic E-state index is -0.997. The molecule has 0 aliphatic rings. The first-order valence-electron chi connectivity index (χ1n) is 5.85. The van der Waals surface area contributed by atoms with Gasteiger partial charge in [-0.25, -0.2) is 0 Å². The summed E-state index contributed by atoms with van der Waals surface area (Å²) in [5.41, 5.74) is 4.17. The number of nitrogens with zero attached hydrogens (tertiary/aromatic N) is 1. The number of hydrogen-bond donors (Lipinski definition) is 3. The molecule has 0 aliphatic carbocycles. The van der Waals surface area contributed by atoms with Crippen LogP contribution >= 0.6 is 0 Å². The number of pyridine rings is 1. The third kappa shape index (κ3) is 3.01. The first-order valence-corrected chi connectivity index (χ1v) is 5.85. The van der Waals surface area contributed by atoms with Crippen molar-refractivity contribution in [2.75, 3.05) is 5.32 Å². The smallest absolute Gasteiger partial charge is 0.311 e. The number of anilines is 1. The molecule has 0 radical (unpaired) electrons. The molecule has 1 rings (SSSR count). The third-order valence-corrected chi connectivity index (χ3v) is 3.57. The van der Waals surface area contributed by atoms with Crippen molar-refractivity contribution >= 4 is 17.6 Å². The minimum Gasteiger partial charge on any atom is -0.481 e. The van der Waals surface area contributed by atoms with E-state index in [1.54, 1.807) is 33.8 Å². The van der Waals surface area contributed by atoms with Crippen LogP contribution in [0.2, 0.25) is 0 Å². The molecule has 4 N–H and O–H groups in total. The number of primary amides is 1. The fraction of sp³-hybridized carbons (Fsp3) is 0.462. The van der Waals surface area contributed by atoms with Crippen LogP contribution in [0.15, 0.2) is 18.3 Å². The average molecular weight is 265 g/mol. The molecule has 0 saturated heterocycles. The normalized spacial score (nSPS) is 12.0. The molecule has 0 aliphatic heterocycles. The van der Waals surface area contributed by atoms with Crippen LogP contribution in [0.3, 0.4) is 0 Å². The Morgan fingerprint density at radius 2 is 1.89 bits per heavy atom. The molecule has 1 heterocycles. The predicted molar refractivity (Wildman–Crippen MR) is 71.9 cm³/mol. The number of nitrogens with two attached hydrogens (primary N) is 1. The SMILES string of the molecule is CC(C)(Nc1ccnc(C(N)=O)c1)C(C)(C)C(=O)O. The Kier molecular flexibility index (Phi) is 3.83. The number of aromatic nitrogens is 1. The Balaban J connectivity index is 3.05. The topological polar surface area (TPSA) is 105 Å². The average Bonchev–Trinajstić information content (AvgIpc) is 2.28. The molecule has 0 atom stereocenters. The van der Waals surface area contributed by atoms with Crippen LogP contribution in [0.4, 0.5) is 5.69 Å². The van der Waals surface area contributed by atoms with E-state index < -0.39 is 22.8 Å². The maximum Gasteiger partial charge on any atom is 0.311 e. The van der Waals surface area contributed by atoms with Crippen molar-refractivity contribution in [3.8, 4) is 0 Å². The Morgan fingerprint density at radius 3 is 2.37 bits per heavy atom. The Bertz CT molecular complexity index is 510. The lowest BCUT2D eigenvalue weighted by atomic mass is 9.74. The standard InChI is InChI=1S/C13H19N3O3/c1-12(2,11(18)19)13(3,4)16-8-5-6-15-9(7-8)10(14)17/h5-7H,1-4H3,(H2,14,17)(H,15,16)(H,18,19). The minimum absolute atomic E-state index is 0.133. The number of rotatable bonds is 5. The number of aliphatic carboxylic acids is 1. The summed E-state index contributed by atoms with van der Waals surface area (Å²) in [4.78, 5) is 26.2. The van der Waals surface area contributed by atoms with Gasteiger partial charge in [0.15, 0.2) is 0 Å². The lowest BCUT2D eigenvalue weighted by Gasteiger charge is -2.39. The van der Waals surface area contributed by atoms with Crippen molar-refractivity contribution in [3.63, 3.8) is 0 Å². The number of amides is 1. The van der Waals surface area contributed by atoms with Crippen LogP contribution in [-0.2, 0) is 4.79 Å². The van der Waals surface area contributed by atoms with Crippen molar-refractivity contribution in [3.05, 3.63) is 24.0 Å². The summed E-state index contributed by atoms with van der Waals surface area (Å²) in [6.07, 6.45) is 1.45. The van der Waals surface area contributed by atoms with Crippen LogP contribution in [0.5, 0.6) is 0 Å². The van der Waals surface area contributed by atoms with Crippen LogP contribution in [0, 0.1) is 5.41 Å². The molecule has 19 heavy (non-hydrogen) atoms. The van der Waals surface area contributed by atoms with Gasteiger partial charge in [0, 0.05) is 17.4 Å². The maximum absolute atomic E-state index is 11.3. The molecular weight excluding hydrogens is 246 g/mol. The van der Waals surface area contributed by atoms with Crippen molar-refractivity contribution in [1.29, 1.82) is 0 Å². The molecule has 0 fully saturated rings. The zero-order valence-electron chi connectivity index (χ0n) is 11.5. The van der Waals surface area contributed by atoms with Crippen molar-refractivity contribution < 1.29 is 14.7 Å². The fourth-order valence-corrected chi connectivity index (χ4v) is 1.43. The molecule has 1 amide bonds. The molecule has 1 aromatic heterocycles. The number of hydrogen-bond acceptors (Lipinski definition) is 4. The molecular formula is C13H19N3O3. The second-order valence-electron chi connectivity index (χ2n) is 5.47. The zero-order valence-corrected chi connectivity index (χ0v) is 11.5. The summed E-state index contributed by atoms with van der Waals surface area (Å²) < 4.78 is 0. The van der Waals surface area contributed by atoms with Gasteiger partial charge < -0.3 is 16.2 Å². The van der Waals surface area contributed by atoms with Gasteiger partial charge in [-0.3, -0.25) is 14.6 Å². The highest BCUT2D eigenvalue weighted by atomic mass is 16.4. The number of carbonyl (C=O) groups excluding carboxylic acids is 1. The van der Waals surface area contributed by atoms with E-state index in [9.17, 15) is 14.7 Å². The largest absolute Gasteiger partial charge is 0.481 e. The van der Waals surface area contributed by atoms with Gasteiger partial charge in [0.2, 0.25) is 0 Å². The Labute approximate surface area is 112 Å². The molecule has 6 nitrogen and oxygen atoms in total. The molecule has 1 aromatic rings. The number of carbonyl (C=O) groups is 2. The van der Waals surface area contributed by atoms with E-state index in [1.807, 2.05) is 0 Å². The van der Waals surface area contributed by atoms with Crippen LogP contribution in [-0.4, -0.2) is 27.5 Å². The molecule has 0 spiro atoms. The fourth-order valence-electron chi connectivity index (χ4n) is 1.43. The second-order valence-corrected chi connectivity index (χ2v) is 5.47. The first-order chi connectivity index (χ1) is 8.58.